The molecule has 0 aliphatic rings. The van der Waals surface area contributed by atoms with E-state index in [1.165, 1.54) is 0 Å². The molecule has 3 nitrogen and oxygen atoms in total. The van der Waals surface area contributed by atoms with Crippen LogP contribution in [0.15, 0.2) is 30.3 Å². The van der Waals surface area contributed by atoms with Crippen molar-refractivity contribution in [3.8, 4) is 0 Å². The number of benzene rings is 1. The molecule has 1 unspecified atom stereocenters. The van der Waals surface area contributed by atoms with Crippen molar-refractivity contribution in [2.75, 3.05) is 0 Å². The Balaban J connectivity index is 2.73. The molecule has 0 aliphatic heterocycles. The average Bonchev–Trinajstić information content (AvgIpc) is 2.15. The molecule has 3 heteroatoms. The molecular formula is C10H14N3. The molecule has 0 amide bonds. The SMILES string of the molecule is [CH2]CC(NC(=N)N)c1ccccc1. The number of hydrogen-bond donors (Lipinski definition) is 3. The second-order valence-corrected chi connectivity index (χ2v) is 2.81. The van der Waals surface area contributed by atoms with Crippen molar-refractivity contribution in [3.05, 3.63) is 42.8 Å². The summed E-state index contributed by atoms with van der Waals surface area (Å²) in [6, 6.07) is 9.90. The third kappa shape index (κ3) is 2.78. The van der Waals surface area contributed by atoms with Gasteiger partial charge in [0.1, 0.15) is 0 Å². The van der Waals surface area contributed by atoms with Crippen LogP contribution in [-0.4, -0.2) is 5.96 Å². The smallest absolute Gasteiger partial charge is 0.186 e. The summed E-state index contributed by atoms with van der Waals surface area (Å²) in [6.45, 7) is 3.80. The summed E-state index contributed by atoms with van der Waals surface area (Å²) in [7, 11) is 0. The molecule has 4 N–H and O–H groups in total. The van der Waals surface area contributed by atoms with Crippen molar-refractivity contribution in [1.82, 2.24) is 5.32 Å². The summed E-state index contributed by atoms with van der Waals surface area (Å²) in [4.78, 5) is 0. The third-order valence-electron chi connectivity index (χ3n) is 1.82. The van der Waals surface area contributed by atoms with E-state index in [2.05, 4.69) is 12.2 Å². The van der Waals surface area contributed by atoms with E-state index in [0.717, 1.165) is 5.56 Å². The molecule has 13 heavy (non-hydrogen) atoms. The molecule has 1 rings (SSSR count). The van der Waals surface area contributed by atoms with Gasteiger partial charge in [0.15, 0.2) is 5.96 Å². The molecule has 1 radical (unpaired) electrons. The lowest BCUT2D eigenvalue weighted by Gasteiger charge is -2.16. The average molecular weight is 176 g/mol. The van der Waals surface area contributed by atoms with Crippen LogP contribution in [0.4, 0.5) is 0 Å². The summed E-state index contributed by atoms with van der Waals surface area (Å²) in [5.74, 6) is -0.0162. The predicted octanol–water partition coefficient (Wildman–Crippen LogP) is 1.43. The molecule has 0 bridgehead atoms. The van der Waals surface area contributed by atoms with Crippen molar-refractivity contribution in [3.63, 3.8) is 0 Å². The fourth-order valence-electron chi connectivity index (χ4n) is 1.20. The Hall–Kier alpha value is -1.51. The van der Waals surface area contributed by atoms with E-state index in [0.29, 0.717) is 6.42 Å². The molecule has 0 heterocycles. The highest BCUT2D eigenvalue weighted by Crippen LogP contribution is 2.14. The van der Waals surface area contributed by atoms with Crippen molar-refractivity contribution in [2.24, 2.45) is 5.73 Å². The quantitative estimate of drug-likeness (QED) is 0.482. The van der Waals surface area contributed by atoms with Crippen LogP contribution in [0.2, 0.25) is 0 Å². The summed E-state index contributed by atoms with van der Waals surface area (Å²) in [5.41, 5.74) is 6.36. The Labute approximate surface area is 78.5 Å². The first-order valence-corrected chi connectivity index (χ1v) is 4.18. The van der Waals surface area contributed by atoms with Crippen LogP contribution in [0, 0.1) is 12.3 Å². The normalized spacial score (nSPS) is 12.1. The van der Waals surface area contributed by atoms with Gasteiger partial charge in [-0.2, -0.15) is 0 Å². The van der Waals surface area contributed by atoms with Gasteiger partial charge in [-0.1, -0.05) is 37.3 Å². The Morgan fingerprint density at radius 2 is 2.08 bits per heavy atom. The monoisotopic (exact) mass is 176 g/mol. The van der Waals surface area contributed by atoms with Gasteiger partial charge in [0.25, 0.3) is 0 Å². The van der Waals surface area contributed by atoms with Crippen molar-refractivity contribution < 1.29 is 0 Å². The first kappa shape index (κ1) is 9.58. The van der Waals surface area contributed by atoms with Crippen LogP contribution in [-0.2, 0) is 0 Å². The second-order valence-electron chi connectivity index (χ2n) is 2.81. The third-order valence-corrected chi connectivity index (χ3v) is 1.82. The molecule has 0 aliphatic carbocycles. The molecule has 0 fully saturated rings. The fraction of sp³-hybridized carbons (Fsp3) is 0.200. The zero-order valence-electron chi connectivity index (χ0n) is 7.46. The van der Waals surface area contributed by atoms with E-state index in [1.807, 2.05) is 30.3 Å². The van der Waals surface area contributed by atoms with Crippen LogP contribution in [0.1, 0.15) is 18.0 Å². The highest BCUT2D eigenvalue weighted by atomic mass is 15.1. The number of nitrogens with one attached hydrogen (secondary N) is 2. The number of hydrogen-bond acceptors (Lipinski definition) is 1. The Morgan fingerprint density at radius 3 is 2.54 bits per heavy atom. The van der Waals surface area contributed by atoms with Crippen molar-refractivity contribution in [2.45, 2.75) is 12.5 Å². The van der Waals surface area contributed by atoms with Gasteiger partial charge in [-0.25, -0.2) is 0 Å². The maximum Gasteiger partial charge on any atom is 0.186 e. The number of rotatable bonds is 3. The van der Waals surface area contributed by atoms with E-state index in [4.69, 9.17) is 11.1 Å². The molecule has 1 aromatic carbocycles. The first-order valence-electron chi connectivity index (χ1n) is 4.18. The standard InChI is InChI=1S/C10H14N3/c1-2-9(13-10(11)12)8-6-4-3-5-7-8/h3-7,9H,1-2H2,(H4,11,12,13). The minimum Gasteiger partial charge on any atom is -0.370 e. The molecule has 1 aromatic rings. The minimum absolute atomic E-state index is 0.0162. The maximum atomic E-state index is 7.12. The molecule has 0 saturated heterocycles. The molecule has 1 atom stereocenters. The highest BCUT2D eigenvalue weighted by Gasteiger charge is 2.07. The van der Waals surface area contributed by atoms with Gasteiger partial charge < -0.3 is 11.1 Å². The van der Waals surface area contributed by atoms with Gasteiger partial charge in [-0.05, 0) is 12.0 Å². The van der Waals surface area contributed by atoms with E-state index in [1.54, 1.807) is 0 Å². The first-order chi connectivity index (χ1) is 6.24. The zero-order chi connectivity index (χ0) is 9.68. The predicted molar refractivity (Wildman–Crippen MR) is 54.2 cm³/mol. The fourth-order valence-corrected chi connectivity index (χ4v) is 1.20. The lowest BCUT2D eigenvalue weighted by Crippen LogP contribution is -2.33. The van der Waals surface area contributed by atoms with Gasteiger partial charge >= 0.3 is 0 Å². The summed E-state index contributed by atoms with van der Waals surface area (Å²) >= 11 is 0. The van der Waals surface area contributed by atoms with Crippen LogP contribution < -0.4 is 11.1 Å². The lowest BCUT2D eigenvalue weighted by molar-refractivity contribution is 0.649. The summed E-state index contributed by atoms with van der Waals surface area (Å²) < 4.78 is 0. The number of nitrogens with two attached hydrogens (primary N) is 1. The van der Waals surface area contributed by atoms with Gasteiger partial charge in [0.05, 0.1) is 6.04 Å². The topological polar surface area (TPSA) is 61.9 Å². The van der Waals surface area contributed by atoms with E-state index in [9.17, 15) is 0 Å². The summed E-state index contributed by atoms with van der Waals surface area (Å²) in [5, 5.41) is 9.96. The van der Waals surface area contributed by atoms with Gasteiger partial charge in [-0.3, -0.25) is 5.41 Å². The van der Waals surface area contributed by atoms with Gasteiger partial charge in [-0.15, -0.1) is 0 Å². The lowest BCUT2D eigenvalue weighted by atomic mass is 10.1. The van der Waals surface area contributed by atoms with Crippen molar-refractivity contribution >= 4 is 5.96 Å². The second kappa shape index (κ2) is 4.50. The van der Waals surface area contributed by atoms with Crippen LogP contribution in [0.3, 0.4) is 0 Å². The van der Waals surface area contributed by atoms with Crippen LogP contribution >= 0.6 is 0 Å². The molecule has 0 aromatic heterocycles. The molecule has 0 saturated carbocycles. The maximum absolute atomic E-state index is 7.12. The largest absolute Gasteiger partial charge is 0.370 e. The van der Waals surface area contributed by atoms with Crippen LogP contribution in [0.5, 0.6) is 0 Å². The zero-order valence-corrected chi connectivity index (χ0v) is 7.46. The minimum atomic E-state index is -0.0162. The van der Waals surface area contributed by atoms with Gasteiger partial charge in [0, 0.05) is 0 Å². The van der Waals surface area contributed by atoms with E-state index >= 15 is 0 Å². The Kier molecular flexibility index (Phi) is 3.31. The molecule has 69 valence electrons. The van der Waals surface area contributed by atoms with Crippen molar-refractivity contribution in [1.29, 1.82) is 5.41 Å². The van der Waals surface area contributed by atoms with Gasteiger partial charge in [0.2, 0.25) is 0 Å². The molecular weight excluding hydrogens is 162 g/mol. The molecule has 0 spiro atoms. The summed E-state index contributed by atoms with van der Waals surface area (Å²) in [6.07, 6.45) is 0.670. The number of guanidine groups is 1. The van der Waals surface area contributed by atoms with E-state index < -0.39 is 0 Å². The van der Waals surface area contributed by atoms with E-state index in [-0.39, 0.29) is 12.0 Å². The Bertz CT molecular complexity index is 269. The highest BCUT2D eigenvalue weighted by molar-refractivity contribution is 5.74. The van der Waals surface area contributed by atoms with Crippen LogP contribution in [0.25, 0.3) is 0 Å². The Morgan fingerprint density at radius 1 is 1.46 bits per heavy atom.